The molecule has 3 rings (SSSR count). The highest BCUT2D eigenvalue weighted by atomic mass is 35.5. The largest absolute Gasteiger partial charge is 0.490 e. The van der Waals surface area contributed by atoms with Crippen LogP contribution in [0.2, 0.25) is 0 Å². The second-order valence-electron chi connectivity index (χ2n) is 6.13. The molecule has 1 fully saturated rings. The van der Waals surface area contributed by atoms with Gasteiger partial charge in [-0.15, -0.1) is 12.4 Å². The van der Waals surface area contributed by atoms with Gasteiger partial charge in [-0.25, -0.2) is 0 Å². The summed E-state index contributed by atoms with van der Waals surface area (Å²) in [4.78, 5) is 14.6. The molecule has 1 saturated heterocycles. The lowest BCUT2D eigenvalue weighted by molar-refractivity contribution is -0.120. The topological polar surface area (TPSA) is 41.6 Å². The van der Waals surface area contributed by atoms with Gasteiger partial charge in [0.2, 0.25) is 5.91 Å². The van der Waals surface area contributed by atoms with Crippen molar-refractivity contribution in [3.05, 3.63) is 24.3 Å². The van der Waals surface area contributed by atoms with Gasteiger partial charge in [-0.1, -0.05) is 19.1 Å². The molecule has 122 valence electrons. The Balaban J connectivity index is 0.00000176. The Morgan fingerprint density at radius 1 is 1.36 bits per heavy atom. The first-order valence-corrected chi connectivity index (χ1v) is 7.98. The van der Waals surface area contributed by atoms with Crippen LogP contribution in [0.3, 0.4) is 0 Å². The molecule has 1 atom stereocenters. The van der Waals surface area contributed by atoms with Crippen molar-refractivity contribution in [2.24, 2.45) is 11.8 Å². The Morgan fingerprint density at radius 2 is 2.09 bits per heavy atom. The number of para-hydroxylation sites is 2. The minimum Gasteiger partial charge on any atom is -0.490 e. The van der Waals surface area contributed by atoms with Crippen LogP contribution >= 0.6 is 12.4 Å². The number of hydrogen-bond donors (Lipinski definition) is 1. The predicted octanol–water partition coefficient (Wildman–Crippen LogP) is 2.86. The molecular formula is C17H25ClN2O2. The standard InChI is InChI=1S/C17H24N2O2.ClH/c1-13(14-6-8-18-9-7-14)12-17(20)19-10-11-21-16-5-3-2-4-15(16)19;/h2-5,13-14,18H,6-12H2,1H3;1H. The van der Waals surface area contributed by atoms with Crippen molar-refractivity contribution < 1.29 is 9.53 Å². The summed E-state index contributed by atoms with van der Waals surface area (Å²) in [6.07, 6.45) is 3.02. The van der Waals surface area contributed by atoms with Crippen LogP contribution in [-0.4, -0.2) is 32.1 Å². The molecule has 4 nitrogen and oxygen atoms in total. The molecule has 0 radical (unpaired) electrons. The quantitative estimate of drug-likeness (QED) is 0.929. The smallest absolute Gasteiger partial charge is 0.227 e. The molecule has 1 N–H and O–H groups in total. The monoisotopic (exact) mass is 324 g/mol. The summed E-state index contributed by atoms with van der Waals surface area (Å²) in [5, 5.41) is 3.39. The molecule has 2 heterocycles. The van der Waals surface area contributed by atoms with E-state index in [9.17, 15) is 4.79 Å². The fraction of sp³-hybridized carbons (Fsp3) is 0.588. The number of nitrogens with zero attached hydrogens (tertiary/aromatic N) is 1. The Hall–Kier alpha value is -1.26. The maximum absolute atomic E-state index is 12.7. The van der Waals surface area contributed by atoms with E-state index in [4.69, 9.17) is 4.74 Å². The molecule has 5 heteroatoms. The lowest BCUT2D eigenvalue weighted by Crippen LogP contribution is -2.40. The normalized spacial score (nSPS) is 19.6. The third kappa shape index (κ3) is 3.73. The fourth-order valence-electron chi connectivity index (χ4n) is 3.39. The van der Waals surface area contributed by atoms with Crippen LogP contribution < -0.4 is 15.0 Å². The number of fused-ring (bicyclic) bond motifs is 1. The van der Waals surface area contributed by atoms with Crippen LogP contribution in [0.25, 0.3) is 0 Å². The van der Waals surface area contributed by atoms with Crippen molar-refractivity contribution in [1.29, 1.82) is 0 Å². The molecule has 0 aliphatic carbocycles. The van der Waals surface area contributed by atoms with Gasteiger partial charge in [0.05, 0.1) is 12.2 Å². The molecule has 2 aliphatic rings. The second kappa shape index (κ2) is 7.84. The molecule has 0 spiro atoms. The third-order valence-electron chi connectivity index (χ3n) is 4.71. The summed E-state index contributed by atoms with van der Waals surface area (Å²) in [6, 6.07) is 7.82. The Bertz CT molecular complexity index is 503. The number of rotatable bonds is 3. The summed E-state index contributed by atoms with van der Waals surface area (Å²) in [5.74, 6) is 2.18. The molecule has 1 aromatic carbocycles. The van der Waals surface area contributed by atoms with Crippen molar-refractivity contribution >= 4 is 24.0 Å². The summed E-state index contributed by atoms with van der Waals surface area (Å²) in [5.41, 5.74) is 0.922. The summed E-state index contributed by atoms with van der Waals surface area (Å²) in [6.45, 7) is 5.65. The lowest BCUT2D eigenvalue weighted by atomic mass is 9.84. The van der Waals surface area contributed by atoms with Crippen molar-refractivity contribution in [3.63, 3.8) is 0 Å². The van der Waals surface area contributed by atoms with Gasteiger partial charge in [0.15, 0.2) is 0 Å². The average Bonchev–Trinajstić information content (AvgIpc) is 2.55. The zero-order chi connectivity index (χ0) is 14.7. The first-order chi connectivity index (χ1) is 10.3. The van der Waals surface area contributed by atoms with Crippen molar-refractivity contribution in [2.75, 3.05) is 31.1 Å². The number of ether oxygens (including phenoxy) is 1. The number of anilines is 1. The number of nitrogens with one attached hydrogen (secondary N) is 1. The SMILES string of the molecule is CC(CC(=O)N1CCOc2ccccc21)C1CCNCC1.Cl. The Morgan fingerprint density at radius 3 is 2.86 bits per heavy atom. The van der Waals surface area contributed by atoms with E-state index in [1.54, 1.807) is 0 Å². The highest BCUT2D eigenvalue weighted by molar-refractivity contribution is 5.95. The van der Waals surface area contributed by atoms with Gasteiger partial charge in [-0.3, -0.25) is 4.79 Å². The van der Waals surface area contributed by atoms with Gasteiger partial charge in [0, 0.05) is 6.42 Å². The Labute approximate surface area is 138 Å². The summed E-state index contributed by atoms with van der Waals surface area (Å²) >= 11 is 0. The number of benzene rings is 1. The van der Waals surface area contributed by atoms with E-state index in [1.807, 2.05) is 29.2 Å². The molecule has 1 amide bonds. The van der Waals surface area contributed by atoms with E-state index in [-0.39, 0.29) is 18.3 Å². The van der Waals surface area contributed by atoms with Crippen molar-refractivity contribution in [1.82, 2.24) is 5.32 Å². The van der Waals surface area contributed by atoms with Crippen LogP contribution in [0.4, 0.5) is 5.69 Å². The number of carbonyl (C=O) groups is 1. The van der Waals surface area contributed by atoms with Crippen LogP contribution in [0.5, 0.6) is 5.75 Å². The first-order valence-electron chi connectivity index (χ1n) is 7.98. The van der Waals surface area contributed by atoms with E-state index in [0.717, 1.165) is 24.5 Å². The van der Waals surface area contributed by atoms with Crippen LogP contribution in [0.15, 0.2) is 24.3 Å². The molecule has 1 aromatic rings. The van der Waals surface area contributed by atoms with Gasteiger partial charge < -0.3 is 15.0 Å². The van der Waals surface area contributed by atoms with Gasteiger partial charge in [0.1, 0.15) is 12.4 Å². The van der Waals surface area contributed by atoms with E-state index in [0.29, 0.717) is 31.4 Å². The van der Waals surface area contributed by atoms with Crippen LogP contribution in [0, 0.1) is 11.8 Å². The van der Waals surface area contributed by atoms with E-state index >= 15 is 0 Å². The number of halogens is 1. The predicted molar refractivity (Wildman–Crippen MR) is 90.9 cm³/mol. The summed E-state index contributed by atoms with van der Waals surface area (Å²) in [7, 11) is 0. The number of carbonyl (C=O) groups excluding carboxylic acids is 1. The third-order valence-corrected chi connectivity index (χ3v) is 4.71. The first kappa shape index (κ1) is 17.1. The zero-order valence-corrected chi connectivity index (χ0v) is 13.9. The van der Waals surface area contributed by atoms with E-state index in [1.165, 1.54) is 12.8 Å². The van der Waals surface area contributed by atoms with E-state index < -0.39 is 0 Å². The summed E-state index contributed by atoms with van der Waals surface area (Å²) < 4.78 is 5.62. The molecule has 0 saturated carbocycles. The highest BCUT2D eigenvalue weighted by Crippen LogP contribution is 2.33. The minimum atomic E-state index is 0. The fourth-order valence-corrected chi connectivity index (χ4v) is 3.39. The van der Waals surface area contributed by atoms with Gasteiger partial charge in [0.25, 0.3) is 0 Å². The maximum atomic E-state index is 12.7. The average molecular weight is 325 g/mol. The molecule has 0 aromatic heterocycles. The van der Waals surface area contributed by atoms with Crippen molar-refractivity contribution in [2.45, 2.75) is 26.2 Å². The zero-order valence-electron chi connectivity index (χ0n) is 13.1. The molecule has 22 heavy (non-hydrogen) atoms. The number of hydrogen-bond acceptors (Lipinski definition) is 3. The van der Waals surface area contributed by atoms with Gasteiger partial charge in [-0.2, -0.15) is 0 Å². The van der Waals surface area contributed by atoms with Crippen LogP contribution in [-0.2, 0) is 4.79 Å². The molecule has 1 unspecified atom stereocenters. The van der Waals surface area contributed by atoms with Crippen LogP contribution in [0.1, 0.15) is 26.2 Å². The van der Waals surface area contributed by atoms with E-state index in [2.05, 4.69) is 12.2 Å². The second-order valence-corrected chi connectivity index (χ2v) is 6.13. The van der Waals surface area contributed by atoms with Gasteiger partial charge >= 0.3 is 0 Å². The number of amides is 1. The molecule has 0 bridgehead atoms. The minimum absolute atomic E-state index is 0. The Kier molecular flexibility index (Phi) is 6.09. The molecular weight excluding hydrogens is 300 g/mol. The molecule has 2 aliphatic heterocycles. The number of piperidine rings is 1. The maximum Gasteiger partial charge on any atom is 0.227 e. The van der Waals surface area contributed by atoms with Crippen molar-refractivity contribution in [3.8, 4) is 5.75 Å². The lowest BCUT2D eigenvalue weighted by Gasteiger charge is -2.32. The van der Waals surface area contributed by atoms with Gasteiger partial charge in [-0.05, 0) is 49.9 Å². The highest BCUT2D eigenvalue weighted by Gasteiger charge is 2.27.